The van der Waals surface area contributed by atoms with Crippen molar-refractivity contribution in [2.24, 2.45) is 5.92 Å². The molecule has 0 saturated heterocycles. The molecule has 0 radical (unpaired) electrons. The Bertz CT molecular complexity index is 425. The van der Waals surface area contributed by atoms with Crippen LogP contribution in [0, 0.1) is 12.8 Å². The first-order chi connectivity index (χ1) is 8.66. The molecule has 18 heavy (non-hydrogen) atoms. The largest absolute Gasteiger partial charge is 0.352 e. The molecule has 1 aliphatic carbocycles. The molecular formula is C15H20BrNO. The first-order valence-electron chi connectivity index (χ1n) is 6.71. The maximum Gasteiger partial charge on any atom is 0.251 e. The number of halogens is 1. The zero-order chi connectivity index (χ0) is 13.0. The van der Waals surface area contributed by atoms with E-state index in [4.69, 9.17) is 0 Å². The SMILES string of the molecule is Cc1cc(C(=O)NCCC2CCCC2)ccc1Br. The first kappa shape index (κ1) is 13.6. The summed E-state index contributed by atoms with van der Waals surface area (Å²) in [5.41, 5.74) is 1.85. The van der Waals surface area contributed by atoms with Gasteiger partial charge in [-0.1, -0.05) is 41.6 Å². The van der Waals surface area contributed by atoms with Crippen molar-refractivity contribution < 1.29 is 4.79 Å². The van der Waals surface area contributed by atoms with Crippen molar-refractivity contribution >= 4 is 21.8 Å². The van der Waals surface area contributed by atoms with Gasteiger partial charge in [0.15, 0.2) is 0 Å². The Balaban J connectivity index is 1.81. The van der Waals surface area contributed by atoms with Gasteiger partial charge < -0.3 is 5.32 Å². The van der Waals surface area contributed by atoms with Gasteiger partial charge in [0.2, 0.25) is 0 Å². The van der Waals surface area contributed by atoms with Crippen LogP contribution in [-0.2, 0) is 0 Å². The predicted octanol–water partition coefficient (Wildman–Crippen LogP) is 4.07. The molecule has 1 aliphatic rings. The fourth-order valence-electron chi connectivity index (χ4n) is 2.58. The summed E-state index contributed by atoms with van der Waals surface area (Å²) in [6, 6.07) is 5.72. The third-order valence-electron chi connectivity index (χ3n) is 3.73. The molecular weight excluding hydrogens is 290 g/mol. The standard InChI is InChI=1S/C15H20BrNO/c1-11-10-13(6-7-14(11)16)15(18)17-9-8-12-4-2-3-5-12/h6-7,10,12H,2-5,8-9H2,1H3,(H,17,18). The molecule has 1 aromatic rings. The second kappa shape index (κ2) is 6.37. The molecule has 1 aromatic carbocycles. The normalized spacial score (nSPS) is 15.9. The van der Waals surface area contributed by atoms with Crippen LogP contribution < -0.4 is 5.32 Å². The van der Waals surface area contributed by atoms with Gasteiger partial charge in [-0.2, -0.15) is 0 Å². The Hall–Kier alpha value is -0.830. The van der Waals surface area contributed by atoms with E-state index in [2.05, 4.69) is 21.2 Å². The average Bonchev–Trinajstić information content (AvgIpc) is 2.85. The van der Waals surface area contributed by atoms with E-state index in [1.807, 2.05) is 25.1 Å². The summed E-state index contributed by atoms with van der Waals surface area (Å²) in [5.74, 6) is 0.876. The lowest BCUT2D eigenvalue weighted by Crippen LogP contribution is -2.25. The maximum absolute atomic E-state index is 12.0. The molecule has 0 aliphatic heterocycles. The number of carbonyl (C=O) groups is 1. The van der Waals surface area contributed by atoms with Gasteiger partial charge in [-0.15, -0.1) is 0 Å². The van der Waals surface area contributed by atoms with Gasteiger partial charge in [-0.3, -0.25) is 4.79 Å². The van der Waals surface area contributed by atoms with Gasteiger partial charge in [0.05, 0.1) is 0 Å². The summed E-state index contributed by atoms with van der Waals surface area (Å²) in [6.07, 6.45) is 6.54. The van der Waals surface area contributed by atoms with Gasteiger partial charge in [-0.05, 0) is 43.0 Å². The Kier molecular flexibility index (Phi) is 4.81. The van der Waals surface area contributed by atoms with E-state index in [1.165, 1.54) is 25.7 Å². The Morgan fingerprint density at radius 3 is 2.78 bits per heavy atom. The molecule has 0 bridgehead atoms. The molecule has 2 rings (SSSR count). The third kappa shape index (κ3) is 3.58. The highest BCUT2D eigenvalue weighted by Gasteiger charge is 2.15. The van der Waals surface area contributed by atoms with Crippen LogP contribution in [0.5, 0.6) is 0 Å². The Labute approximate surface area is 117 Å². The van der Waals surface area contributed by atoms with Gasteiger partial charge in [0.25, 0.3) is 5.91 Å². The minimum Gasteiger partial charge on any atom is -0.352 e. The van der Waals surface area contributed by atoms with Crippen molar-refractivity contribution in [3.8, 4) is 0 Å². The highest BCUT2D eigenvalue weighted by Crippen LogP contribution is 2.26. The lowest BCUT2D eigenvalue weighted by Gasteiger charge is -2.10. The number of aryl methyl sites for hydroxylation is 1. The number of carbonyl (C=O) groups excluding carboxylic acids is 1. The number of rotatable bonds is 4. The second-order valence-corrected chi connectivity index (χ2v) is 6.01. The van der Waals surface area contributed by atoms with Crippen LogP contribution in [0.15, 0.2) is 22.7 Å². The fourth-order valence-corrected chi connectivity index (χ4v) is 2.82. The van der Waals surface area contributed by atoms with Crippen molar-refractivity contribution in [2.75, 3.05) is 6.54 Å². The quantitative estimate of drug-likeness (QED) is 0.892. The van der Waals surface area contributed by atoms with Crippen LogP contribution in [0.3, 0.4) is 0 Å². The van der Waals surface area contributed by atoms with Crippen LogP contribution in [0.2, 0.25) is 0 Å². The van der Waals surface area contributed by atoms with Crippen LogP contribution in [-0.4, -0.2) is 12.5 Å². The number of hydrogen-bond acceptors (Lipinski definition) is 1. The Morgan fingerprint density at radius 2 is 2.11 bits per heavy atom. The van der Waals surface area contributed by atoms with Crippen molar-refractivity contribution in [1.82, 2.24) is 5.32 Å². The van der Waals surface area contributed by atoms with Gasteiger partial charge >= 0.3 is 0 Å². The number of hydrogen-bond donors (Lipinski definition) is 1. The van der Waals surface area contributed by atoms with Crippen LogP contribution >= 0.6 is 15.9 Å². The first-order valence-corrected chi connectivity index (χ1v) is 7.50. The predicted molar refractivity (Wildman–Crippen MR) is 77.8 cm³/mol. The summed E-state index contributed by atoms with van der Waals surface area (Å²) in [5, 5.41) is 3.02. The zero-order valence-corrected chi connectivity index (χ0v) is 12.4. The number of benzene rings is 1. The van der Waals surface area contributed by atoms with E-state index in [9.17, 15) is 4.79 Å². The fraction of sp³-hybridized carbons (Fsp3) is 0.533. The smallest absolute Gasteiger partial charge is 0.251 e. The third-order valence-corrected chi connectivity index (χ3v) is 4.62. The van der Waals surface area contributed by atoms with E-state index < -0.39 is 0 Å². The minimum atomic E-state index is 0.0450. The van der Waals surface area contributed by atoms with Gasteiger partial charge in [0, 0.05) is 16.6 Å². The van der Waals surface area contributed by atoms with Crippen molar-refractivity contribution in [2.45, 2.75) is 39.0 Å². The lowest BCUT2D eigenvalue weighted by molar-refractivity contribution is 0.0951. The van der Waals surface area contributed by atoms with Crippen LogP contribution in [0.4, 0.5) is 0 Å². The summed E-state index contributed by atoms with van der Waals surface area (Å²) in [6.45, 7) is 2.80. The topological polar surface area (TPSA) is 29.1 Å². The van der Waals surface area contributed by atoms with Crippen molar-refractivity contribution in [3.63, 3.8) is 0 Å². The summed E-state index contributed by atoms with van der Waals surface area (Å²) >= 11 is 3.44. The second-order valence-electron chi connectivity index (χ2n) is 5.16. The molecule has 3 heteroatoms. The Morgan fingerprint density at radius 1 is 1.39 bits per heavy atom. The number of nitrogens with one attached hydrogen (secondary N) is 1. The van der Waals surface area contributed by atoms with Crippen LogP contribution in [0.25, 0.3) is 0 Å². The molecule has 0 unspecified atom stereocenters. The highest BCUT2D eigenvalue weighted by molar-refractivity contribution is 9.10. The van der Waals surface area contributed by atoms with E-state index >= 15 is 0 Å². The molecule has 2 nitrogen and oxygen atoms in total. The number of amides is 1. The van der Waals surface area contributed by atoms with E-state index in [0.29, 0.717) is 0 Å². The lowest BCUT2D eigenvalue weighted by atomic mass is 10.0. The molecule has 1 fully saturated rings. The van der Waals surface area contributed by atoms with E-state index in [-0.39, 0.29) is 5.91 Å². The molecule has 0 spiro atoms. The van der Waals surface area contributed by atoms with Crippen molar-refractivity contribution in [1.29, 1.82) is 0 Å². The summed E-state index contributed by atoms with van der Waals surface area (Å²) < 4.78 is 1.05. The molecule has 98 valence electrons. The summed E-state index contributed by atoms with van der Waals surface area (Å²) in [4.78, 5) is 12.0. The van der Waals surface area contributed by atoms with Crippen LogP contribution in [0.1, 0.15) is 48.0 Å². The van der Waals surface area contributed by atoms with E-state index in [1.54, 1.807) is 0 Å². The molecule has 1 saturated carbocycles. The molecule has 1 N–H and O–H groups in total. The van der Waals surface area contributed by atoms with Crippen molar-refractivity contribution in [3.05, 3.63) is 33.8 Å². The average molecular weight is 310 g/mol. The van der Waals surface area contributed by atoms with Gasteiger partial charge in [-0.25, -0.2) is 0 Å². The zero-order valence-electron chi connectivity index (χ0n) is 10.8. The van der Waals surface area contributed by atoms with E-state index in [0.717, 1.165) is 34.5 Å². The molecule has 1 amide bonds. The maximum atomic E-state index is 12.0. The monoisotopic (exact) mass is 309 g/mol. The molecule has 0 atom stereocenters. The summed E-state index contributed by atoms with van der Waals surface area (Å²) in [7, 11) is 0. The highest BCUT2D eigenvalue weighted by atomic mass is 79.9. The molecule has 0 heterocycles. The van der Waals surface area contributed by atoms with Gasteiger partial charge in [0.1, 0.15) is 0 Å². The molecule has 0 aromatic heterocycles. The minimum absolute atomic E-state index is 0.0450.